The van der Waals surface area contributed by atoms with Crippen LogP contribution in [0.25, 0.3) is 0 Å². The van der Waals surface area contributed by atoms with Gasteiger partial charge in [-0.2, -0.15) is 0 Å². The fourth-order valence-electron chi connectivity index (χ4n) is 3.55. The number of carboxylic acid groups (broad SMARTS) is 3. The van der Waals surface area contributed by atoms with Gasteiger partial charge < -0.3 is 37.0 Å². The van der Waals surface area contributed by atoms with Gasteiger partial charge in [0.05, 0.1) is 6.04 Å². The van der Waals surface area contributed by atoms with E-state index in [1.807, 2.05) is 0 Å². The number of benzene rings is 1. The van der Waals surface area contributed by atoms with Crippen molar-refractivity contribution in [3.63, 3.8) is 0 Å². The molecule has 38 heavy (non-hydrogen) atoms. The normalized spacial score (nSPS) is 14.0. The molecule has 1 rings (SSSR count). The van der Waals surface area contributed by atoms with Crippen molar-refractivity contribution in [2.75, 3.05) is 0 Å². The van der Waals surface area contributed by atoms with E-state index in [4.69, 9.17) is 15.9 Å². The van der Waals surface area contributed by atoms with E-state index < -0.39 is 72.6 Å². The molecular formula is C25H36N4O9. The third-order valence-corrected chi connectivity index (χ3v) is 5.52. The summed E-state index contributed by atoms with van der Waals surface area (Å²) in [5, 5.41) is 34.6. The van der Waals surface area contributed by atoms with Crippen LogP contribution in [0.3, 0.4) is 0 Å². The van der Waals surface area contributed by atoms with E-state index in [1.165, 1.54) is 0 Å². The van der Waals surface area contributed by atoms with E-state index in [2.05, 4.69) is 16.0 Å². The summed E-state index contributed by atoms with van der Waals surface area (Å²) in [6.07, 6.45) is -1.47. The van der Waals surface area contributed by atoms with Gasteiger partial charge in [0.15, 0.2) is 0 Å². The van der Waals surface area contributed by atoms with E-state index in [-0.39, 0.29) is 31.6 Å². The van der Waals surface area contributed by atoms with E-state index in [0.717, 1.165) is 5.56 Å². The Morgan fingerprint density at radius 3 is 1.61 bits per heavy atom. The zero-order valence-electron chi connectivity index (χ0n) is 21.4. The minimum atomic E-state index is -1.45. The molecule has 13 heteroatoms. The van der Waals surface area contributed by atoms with Crippen molar-refractivity contribution in [2.24, 2.45) is 11.7 Å². The molecule has 0 radical (unpaired) electrons. The molecule has 0 heterocycles. The number of aliphatic carboxylic acids is 3. The quantitative estimate of drug-likeness (QED) is 0.140. The molecule has 210 valence electrons. The Morgan fingerprint density at radius 2 is 1.18 bits per heavy atom. The van der Waals surface area contributed by atoms with Crippen LogP contribution < -0.4 is 21.7 Å². The third kappa shape index (κ3) is 12.3. The van der Waals surface area contributed by atoms with E-state index >= 15 is 0 Å². The lowest BCUT2D eigenvalue weighted by atomic mass is 10.0. The summed E-state index contributed by atoms with van der Waals surface area (Å²) < 4.78 is 0. The van der Waals surface area contributed by atoms with Crippen LogP contribution in [0, 0.1) is 5.92 Å². The van der Waals surface area contributed by atoms with Gasteiger partial charge in [0.1, 0.15) is 18.1 Å². The molecule has 13 nitrogen and oxygen atoms in total. The van der Waals surface area contributed by atoms with E-state index in [9.17, 15) is 33.9 Å². The molecule has 0 fully saturated rings. The molecule has 0 aliphatic rings. The van der Waals surface area contributed by atoms with Gasteiger partial charge in [-0.05, 0) is 37.2 Å². The molecule has 0 unspecified atom stereocenters. The van der Waals surface area contributed by atoms with Crippen molar-refractivity contribution in [1.82, 2.24) is 16.0 Å². The SMILES string of the molecule is CC(C)C[C@H](NC(=O)[C@H](CCC(=O)O)NC(=O)[C@H](CCC(=O)O)NC(=O)[C@@H](N)Cc1ccccc1)C(=O)O. The molecule has 3 amide bonds. The molecule has 0 spiro atoms. The average molecular weight is 537 g/mol. The van der Waals surface area contributed by atoms with Crippen LogP contribution in [0.15, 0.2) is 30.3 Å². The minimum absolute atomic E-state index is 0.0841. The number of hydrogen-bond donors (Lipinski definition) is 7. The lowest BCUT2D eigenvalue weighted by Crippen LogP contribution is -2.57. The summed E-state index contributed by atoms with van der Waals surface area (Å²) in [5.74, 6) is -6.45. The van der Waals surface area contributed by atoms with Gasteiger partial charge in [-0.3, -0.25) is 24.0 Å². The van der Waals surface area contributed by atoms with Crippen molar-refractivity contribution < 1.29 is 44.1 Å². The van der Waals surface area contributed by atoms with Crippen molar-refractivity contribution in [1.29, 1.82) is 0 Å². The maximum atomic E-state index is 13.0. The molecule has 1 aromatic rings. The molecule has 0 aliphatic heterocycles. The highest BCUT2D eigenvalue weighted by Crippen LogP contribution is 2.08. The Balaban J connectivity index is 3.03. The summed E-state index contributed by atoms with van der Waals surface area (Å²) in [4.78, 5) is 72.3. The molecule has 0 aliphatic carbocycles. The Morgan fingerprint density at radius 1 is 0.737 bits per heavy atom. The average Bonchev–Trinajstić information content (AvgIpc) is 2.83. The maximum Gasteiger partial charge on any atom is 0.326 e. The van der Waals surface area contributed by atoms with Crippen LogP contribution in [0.1, 0.15) is 51.5 Å². The summed E-state index contributed by atoms with van der Waals surface area (Å²) in [7, 11) is 0. The highest BCUT2D eigenvalue weighted by atomic mass is 16.4. The standard InChI is InChI=1S/C25H36N4O9/c1-14(2)12-19(25(37)38)29-24(36)18(9-11-21(32)33)28-23(35)17(8-10-20(30)31)27-22(34)16(26)13-15-6-4-3-5-7-15/h3-7,14,16-19H,8-13,26H2,1-2H3,(H,27,34)(H,28,35)(H,29,36)(H,30,31)(H,32,33)(H,37,38)/t16-,17-,18-,19-/m0/s1. The number of nitrogens with one attached hydrogen (secondary N) is 3. The third-order valence-electron chi connectivity index (χ3n) is 5.52. The largest absolute Gasteiger partial charge is 0.481 e. The number of carbonyl (C=O) groups is 6. The Hall–Kier alpha value is -4.00. The van der Waals surface area contributed by atoms with Gasteiger partial charge in [-0.1, -0.05) is 44.2 Å². The second-order valence-electron chi connectivity index (χ2n) is 9.31. The zero-order valence-corrected chi connectivity index (χ0v) is 21.4. The number of amides is 3. The van der Waals surface area contributed by atoms with Gasteiger partial charge in [0, 0.05) is 12.8 Å². The number of rotatable bonds is 17. The van der Waals surface area contributed by atoms with Crippen LogP contribution in [0.5, 0.6) is 0 Å². The molecule has 0 saturated carbocycles. The molecule has 4 atom stereocenters. The molecular weight excluding hydrogens is 500 g/mol. The highest BCUT2D eigenvalue weighted by Gasteiger charge is 2.31. The van der Waals surface area contributed by atoms with Crippen LogP contribution in [0.4, 0.5) is 0 Å². The molecule has 0 bridgehead atoms. The van der Waals surface area contributed by atoms with E-state index in [0.29, 0.717) is 0 Å². The van der Waals surface area contributed by atoms with Crippen molar-refractivity contribution in [2.45, 2.75) is 76.5 Å². The summed E-state index contributed by atoms with van der Waals surface area (Å²) in [6.45, 7) is 3.51. The number of carboxylic acids is 3. The number of hydrogen-bond acceptors (Lipinski definition) is 7. The highest BCUT2D eigenvalue weighted by molar-refractivity contribution is 5.94. The molecule has 8 N–H and O–H groups in total. The Kier molecular flexibility index (Phi) is 13.5. The smallest absolute Gasteiger partial charge is 0.326 e. The van der Waals surface area contributed by atoms with Gasteiger partial charge >= 0.3 is 17.9 Å². The monoisotopic (exact) mass is 536 g/mol. The molecule has 0 aromatic heterocycles. The van der Waals surface area contributed by atoms with Crippen molar-refractivity contribution >= 4 is 35.6 Å². The minimum Gasteiger partial charge on any atom is -0.481 e. The van der Waals surface area contributed by atoms with Crippen molar-refractivity contribution in [3.8, 4) is 0 Å². The van der Waals surface area contributed by atoms with Gasteiger partial charge in [-0.25, -0.2) is 4.79 Å². The first kappa shape index (κ1) is 32.0. The first-order chi connectivity index (χ1) is 17.8. The predicted molar refractivity (Wildman–Crippen MR) is 135 cm³/mol. The number of carbonyl (C=O) groups excluding carboxylic acids is 3. The summed E-state index contributed by atoms with van der Waals surface area (Å²) >= 11 is 0. The zero-order chi connectivity index (χ0) is 28.8. The van der Waals surface area contributed by atoms with Crippen molar-refractivity contribution in [3.05, 3.63) is 35.9 Å². The van der Waals surface area contributed by atoms with Gasteiger partial charge in [0.25, 0.3) is 0 Å². The summed E-state index contributed by atoms with van der Waals surface area (Å²) in [5.41, 5.74) is 6.73. The first-order valence-corrected chi connectivity index (χ1v) is 12.2. The Bertz CT molecular complexity index is 984. The first-order valence-electron chi connectivity index (χ1n) is 12.2. The van der Waals surface area contributed by atoms with Gasteiger partial charge in [-0.15, -0.1) is 0 Å². The van der Waals surface area contributed by atoms with Crippen LogP contribution in [-0.2, 0) is 35.2 Å². The second kappa shape index (κ2) is 16.0. The lowest BCUT2D eigenvalue weighted by Gasteiger charge is -2.25. The fraction of sp³-hybridized carbons (Fsp3) is 0.520. The van der Waals surface area contributed by atoms with Crippen LogP contribution >= 0.6 is 0 Å². The Labute approximate surface area is 220 Å². The lowest BCUT2D eigenvalue weighted by molar-refractivity contribution is -0.143. The molecule has 0 saturated heterocycles. The topological polar surface area (TPSA) is 225 Å². The van der Waals surface area contributed by atoms with E-state index in [1.54, 1.807) is 44.2 Å². The van der Waals surface area contributed by atoms with Gasteiger partial charge in [0.2, 0.25) is 17.7 Å². The van der Waals surface area contributed by atoms with Crippen LogP contribution in [0.2, 0.25) is 0 Å². The molecule has 1 aromatic carbocycles. The van der Waals surface area contributed by atoms with Crippen LogP contribution in [-0.4, -0.2) is 75.1 Å². The maximum absolute atomic E-state index is 13.0. The summed E-state index contributed by atoms with van der Waals surface area (Å²) in [6, 6.07) is 3.67. The fourth-order valence-corrected chi connectivity index (χ4v) is 3.55. The second-order valence-corrected chi connectivity index (χ2v) is 9.31. The number of nitrogens with two attached hydrogens (primary N) is 1. The predicted octanol–water partition coefficient (Wildman–Crippen LogP) is -0.129.